The molecule has 2 atom stereocenters. The average Bonchev–Trinajstić information content (AvgIpc) is 3.24. The number of nitrogens with zero attached hydrogens (tertiary/aromatic N) is 2. The lowest BCUT2D eigenvalue weighted by Gasteiger charge is -2.16. The molecule has 12 nitrogen and oxygen atoms in total. The Morgan fingerprint density at radius 2 is 1.85 bits per heavy atom. The predicted octanol–water partition coefficient (Wildman–Crippen LogP) is 2.53. The van der Waals surface area contributed by atoms with Gasteiger partial charge < -0.3 is 24.5 Å². The van der Waals surface area contributed by atoms with E-state index in [4.69, 9.17) is 29.3 Å². The largest absolute Gasteiger partial charge is 0.503 e. The zero-order chi connectivity index (χ0) is 24.4. The molecule has 0 amide bonds. The third kappa shape index (κ3) is 8.26. The summed E-state index contributed by atoms with van der Waals surface area (Å²) in [4.78, 5) is 53.1. The highest BCUT2D eigenvalue weighted by Gasteiger charge is 2.28. The number of carbonyl (C=O) groups excluding carboxylic acids is 2. The number of carboxylic acid groups (broad SMARTS) is 2. The van der Waals surface area contributed by atoms with Crippen molar-refractivity contribution in [1.29, 1.82) is 0 Å². The van der Waals surface area contributed by atoms with Gasteiger partial charge in [0.25, 0.3) is 0 Å². The number of anilines is 1. The van der Waals surface area contributed by atoms with Crippen molar-refractivity contribution in [1.82, 2.24) is 9.55 Å². The first kappa shape index (κ1) is 25.3. The normalized spacial score (nSPS) is 16.9. The minimum absolute atomic E-state index is 0.107. The van der Waals surface area contributed by atoms with E-state index in [1.54, 1.807) is 44.2 Å². The van der Waals surface area contributed by atoms with Gasteiger partial charge in [-0.3, -0.25) is 9.36 Å². The Morgan fingerprint density at radius 3 is 2.45 bits per heavy atom. The number of aromatic nitrogens is 2. The summed E-state index contributed by atoms with van der Waals surface area (Å²) in [6.45, 7) is 3.68. The number of carbonyl (C=O) groups is 3. The van der Waals surface area contributed by atoms with Crippen LogP contribution < -0.4 is 11.2 Å². The Morgan fingerprint density at radius 1 is 1.18 bits per heavy atom. The standard InChI is InChI=1S/C20H23N3O6.CH2O3/c1-13(2)18(24)27-12-15-8-9-17(28-15)23-11-10-16(21-20(23)26)22-29-19(25)14-6-4-3-5-7-14;2-1(3)4/h3-7,10-11,13,15,17H,8-9,12H2,1-2H3,(H,21,22,26);(H2,2,3,4). The highest BCUT2D eigenvalue weighted by atomic mass is 16.7. The topological polar surface area (TPSA) is 166 Å². The van der Waals surface area contributed by atoms with Crippen molar-refractivity contribution in [3.05, 3.63) is 58.6 Å². The highest BCUT2D eigenvalue weighted by molar-refractivity contribution is 5.89. The Balaban J connectivity index is 0.000000890. The van der Waals surface area contributed by atoms with E-state index in [-0.39, 0.29) is 30.4 Å². The van der Waals surface area contributed by atoms with Gasteiger partial charge in [-0.2, -0.15) is 10.5 Å². The fraction of sp³-hybridized carbons (Fsp3) is 0.381. The van der Waals surface area contributed by atoms with E-state index >= 15 is 0 Å². The maximum absolute atomic E-state index is 12.3. The zero-order valence-corrected chi connectivity index (χ0v) is 18.0. The smallest absolute Gasteiger partial charge is 0.463 e. The molecule has 1 saturated heterocycles. The fourth-order valence-electron chi connectivity index (χ4n) is 2.78. The quantitative estimate of drug-likeness (QED) is 0.408. The molecule has 1 aromatic carbocycles. The summed E-state index contributed by atoms with van der Waals surface area (Å²) in [6.07, 6.45) is 0.192. The third-order valence-electron chi connectivity index (χ3n) is 4.37. The average molecular weight is 463 g/mol. The van der Waals surface area contributed by atoms with Gasteiger partial charge in [-0.15, -0.1) is 0 Å². The highest BCUT2D eigenvalue weighted by Crippen LogP contribution is 2.27. The van der Waals surface area contributed by atoms with Crippen LogP contribution in [0.25, 0.3) is 0 Å². The van der Waals surface area contributed by atoms with Gasteiger partial charge in [0, 0.05) is 12.3 Å². The van der Waals surface area contributed by atoms with Crippen molar-refractivity contribution in [2.24, 2.45) is 5.92 Å². The molecular formula is C21H25N3O9. The molecule has 1 fully saturated rings. The Hall–Kier alpha value is -3.93. The molecule has 12 heteroatoms. The van der Waals surface area contributed by atoms with Crippen LogP contribution >= 0.6 is 0 Å². The van der Waals surface area contributed by atoms with E-state index in [9.17, 15) is 14.4 Å². The third-order valence-corrected chi connectivity index (χ3v) is 4.37. The second-order valence-corrected chi connectivity index (χ2v) is 7.22. The molecule has 1 aromatic heterocycles. The molecule has 0 spiro atoms. The van der Waals surface area contributed by atoms with Crippen LogP contribution in [0, 0.1) is 5.92 Å². The summed E-state index contributed by atoms with van der Waals surface area (Å²) in [5, 5.41) is 13.9. The number of esters is 1. The van der Waals surface area contributed by atoms with E-state index in [0.717, 1.165) is 0 Å². The van der Waals surface area contributed by atoms with E-state index in [0.29, 0.717) is 18.4 Å². The van der Waals surface area contributed by atoms with Crippen LogP contribution in [0.4, 0.5) is 10.6 Å². The van der Waals surface area contributed by atoms with Gasteiger partial charge >= 0.3 is 23.8 Å². The maximum Gasteiger partial charge on any atom is 0.503 e. The molecule has 178 valence electrons. The van der Waals surface area contributed by atoms with Crippen molar-refractivity contribution in [3.8, 4) is 0 Å². The van der Waals surface area contributed by atoms with Gasteiger partial charge in [0.15, 0.2) is 5.82 Å². The lowest BCUT2D eigenvalue weighted by Crippen LogP contribution is -2.28. The first-order valence-electron chi connectivity index (χ1n) is 10.0. The first-order valence-corrected chi connectivity index (χ1v) is 10.0. The van der Waals surface area contributed by atoms with Gasteiger partial charge in [-0.25, -0.2) is 14.4 Å². The van der Waals surface area contributed by atoms with Gasteiger partial charge in [0.05, 0.1) is 17.6 Å². The monoisotopic (exact) mass is 463 g/mol. The molecule has 0 saturated carbocycles. The number of hydrogen-bond acceptors (Lipinski definition) is 9. The summed E-state index contributed by atoms with van der Waals surface area (Å²) in [6, 6.07) is 9.96. The minimum atomic E-state index is -1.83. The van der Waals surface area contributed by atoms with Crippen molar-refractivity contribution >= 4 is 23.9 Å². The molecule has 1 aliphatic rings. The number of nitrogens with one attached hydrogen (secondary N) is 1. The van der Waals surface area contributed by atoms with E-state index in [2.05, 4.69) is 10.5 Å². The van der Waals surface area contributed by atoms with E-state index < -0.39 is 24.0 Å². The molecule has 1 aliphatic heterocycles. The summed E-state index contributed by atoms with van der Waals surface area (Å²) in [5.74, 6) is -0.961. The van der Waals surface area contributed by atoms with Gasteiger partial charge in [0.2, 0.25) is 0 Å². The van der Waals surface area contributed by atoms with Crippen molar-refractivity contribution in [3.63, 3.8) is 0 Å². The van der Waals surface area contributed by atoms with Crippen LogP contribution in [-0.4, -0.2) is 50.6 Å². The fourth-order valence-corrected chi connectivity index (χ4v) is 2.78. The number of rotatable bonds is 7. The van der Waals surface area contributed by atoms with Crippen LogP contribution in [0.5, 0.6) is 0 Å². The van der Waals surface area contributed by atoms with Gasteiger partial charge in [-0.1, -0.05) is 32.0 Å². The number of benzene rings is 1. The summed E-state index contributed by atoms with van der Waals surface area (Å²) in [7, 11) is 0. The molecule has 2 heterocycles. The predicted molar refractivity (Wildman–Crippen MR) is 114 cm³/mol. The zero-order valence-electron chi connectivity index (χ0n) is 18.0. The molecule has 3 N–H and O–H groups in total. The maximum atomic E-state index is 12.3. The molecule has 3 rings (SSSR count). The molecule has 2 unspecified atom stereocenters. The van der Waals surface area contributed by atoms with Gasteiger partial charge in [-0.05, 0) is 25.0 Å². The molecule has 33 heavy (non-hydrogen) atoms. The van der Waals surface area contributed by atoms with Crippen LogP contribution in [0.3, 0.4) is 0 Å². The Bertz CT molecular complexity index is 1000. The van der Waals surface area contributed by atoms with Crippen molar-refractivity contribution in [2.45, 2.75) is 39.0 Å². The van der Waals surface area contributed by atoms with Crippen LogP contribution in [-0.2, 0) is 19.1 Å². The Labute approximate surface area is 188 Å². The van der Waals surface area contributed by atoms with E-state index in [1.807, 2.05) is 0 Å². The summed E-state index contributed by atoms with van der Waals surface area (Å²) in [5.41, 5.74) is 2.21. The SMILES string of the molecule is CC(C)C(=O)OCC1CCC(n2ccc(NOC(=O)c3ccccc3)nc2=O)O1.O=C(O)O. The lowest BCUT2D eigenvalue weighted by atomic mass is 10.2. The molecule has 0 aliphatic carbocycles. The van der Waals surface area contributed by atoms with Gasteiger partial charge in [0.1, 0.15) is 12.8 Å². The summed E-state index contributed by atoms with van der Waals surface area (Å²) < 4.78 is 12.3. The van der Waals surface area contributed by atoms with E-state index in [1.165, 1.54) is 16.8 Å². The second-order valence-electron chi connectivity index (χ2n) is 7.22. The number of ether oxygens (including phenoxy) is 2. The summed E-state index contributed by atoms with van der Waals surface area (Å²) >= 11 is 0. The lowest BCUT2D eigenvalue weighted by molar-refractivity contribution is -0.152. The minimum Gasteiger partial charge on any atom is -0.463 e. The second kappa shape index (κ2) is 12.2. The Kier molecular flexibility index (Phi) is 9.36. The van der Waals surface area contributed by atoms with Crippen LogP contribution in [0.15, 0.2) is 47.4 Å². The van der Waals surface area contributed by atoms with Crippen molar-refractivity contribution < 1.29 is 38.9 Å². The van der Waals surface area contributed by atoms with Crippen molar-refractivity contribution in [2.75, 3.05) is 12.1 Å². The molecule has 0 radical (unpaired) electrons. The van der Waals surface area contributed by atoms with Crippen LogP contribution in [0.2, 0.25) is 0 Å². The number of hydrogen-bond donors (Lipinski definition) is 3. The molecule has 2 aromatic rings. The first-order chi connectivity index (χ1) is 15.7. The molecular weight excluding hydrogens is 438 g/mol. The molecule has 0 bridgehead atoms. The van der Waals surface area contributed by atoms with Crippen LogP contribution in [0.1, 0.15) is 43.3 Å².